The Hall–Kier alpha value is -1.75. The molecule has 5 heteroatoms. The molecule has 2 rings (SSSR count). The number of ether oxygens (including phenoxy) is 2. The van der Waals surface area contributed by atoms with Crippen LogP contribution in [0.5, 0.6) is 11.5 Å². The smallest absolute Gasteiger partial charge is 0.222 e. The second-order valence-electron chi connectivity index (χ2n) is 4.74. The summed E-state index contributed by atoms with van der Waals surface area (Å²) in [5.74, 6) is 1.47. The predicted octanol–water partition coefficient (Wildman–Crippen LogP) is 3.41. The van der Waals surface area contributed by atoms with Gasteiger partial charge in [-0.2, -0.15) is 4.73 Å². The zero-order valence-electron chi connectivity index (χ0n) is 12.1. The van der Waals surface area contributed by atoms with Crippen LogP contribution in [0.15, 0.2) is 41.0 Å². The maximum Gasteiger partial charge on any atom is 0.222 e. The van der Waals surface area contributed by atoms with E-state index in [-0.39, 0.29) is 0 Å². The number of rotatable bonds is 6. The highest BCUT2D eigenvalue weighted by atomic mass is 79.9. The Bertz CT molecular complexity index is 616. The number of aromatic nitrogens is 1. The van der Waals surface area contributed by atoms with Crippen LogP contribution >= 0.6 is 15.9 Å². The first kappa shape index (κ1) is 15.6. The lowest BCUT2D eigenvalue weighted by Gasteiger charge is -2.10. The normalized spacial score (nSPS) is 10.4. The van der Waals surface area contributed by atoms with Gasteiger partial charge in [0.25, 0.3) is 0 Å². The zero-order valence-corrected chi connectivity index (χ0v) is 13.7. The molecule has 0 aliphatic heterocycles. The number of methoxy groups -OCH3 is 1. The Morgan fingerprint density at radius 2 is 2.05 bits per heavy atom. The number of benzene rings is 1. The van der Waals surface area contributed by atoms with E-state index in [2.05, 4.69) is 15.9 Å². The highest BCUT2D eigenvalue weighted by molar-refractivity contribution is 9.10. The van der Waals surface area contributed by atoms with Crippen LogP contribution in [-0.4, -0.2) is 13.7 Å². The molecule has 1 heterocycles. The summed E-state index contributed by atoms with van der Waals surface area (Å²) >= 11 is 3.43. The largest absolute Gasteiger partial charge is 0.618 e. The summed E-state index contributed by atoms with van der Waals surface area (Å²) < 4.78 is 12.8. The molecular weight excluding hydrogens is 334 g/mol. The third kappa shape index (κ3) is 4.36. The lowest BCUT2D eigenvalue weighted by Crippen LogP contribution is -2.29. The van der Waals surface area contributed by atoms with E-state index in [1.54, 1.807) is 20.1 Å². The van der Waals surface area contributed by atoms with Crippen molar-refractivity contribution >= 4 is 15.9 Å². The van der Waals surface area contributed by atoms with E-state index < -0.39 is 0 Å². The molecule has 0 radical (unpaired) electrons. The van der Waals surface area contributed by atoms with Gasteiger partial charge in [0.05, 0.1) is 13.7 Å². The van der Waals surface area contributed by atoms with Crippen LogP contribution in [0.1, 0.15) is 17.7 Å². The fraction of sp³-hybridized carbons (Fsp3) is 0.312. The standard InChI is InChI=1S/C16H18BrNO3/c1-12-5-8-15(11-18(12)19)21-9-3-4-13-6-7-14(17)10-16(13)20-2/h5-8,10-11H,3-4,9H2,1-2H3. The Kier molecular flexibility index (Phi) is 5.44. The second-order valence-corrected chi connectivity index (χ2v) is 5.66. The molecule has 0 fully saturated rings. The summed E-state index contributed by atoms with van der Waals surface area (Å²) in [6, 6.07) is 9.56. The van der Waals surface area contributed by atoms with Crippen molar-refractivity contribution in [2.24, 2.45) is 0 Å². The first-order chi connectivity index (χ1) is 10.1. The lowest BCUT2D eigenvalue weighted by atomic mass is 10.1. The van der Waals surface area contributed by atoms with Crippen molar-refractivity contribution < 1.29 is 14.2 Å². The molecule has 1 aromatic carbocycles. The molecule has 0 aliphatic rings. The van der Waals surface area contributed by atoms with Gasteiger partial charge in [-0.05, 0) is 36.6 Å². The van der Waals surface area contributed by atoms with Crippen LogP contribution < -0.4 is 14.2 Å². The molecule has 0 saturated heterocycles. The third-order valence-corrected chi connectivity index (χ3v) is 3.68. The van der Waals surface area contributed by atoms with E-state index in [9.17, 15) is 5.21 Å². The molecule has 0 atom stereocenters. The second kappa shape index (κ2) is 7.31. The van der Waals surface area contributed by atoms with Crippen LogP contribution in [0.4, 0.5) is 0 Å². The Morgan fingerprint density at radius 3 is 2.76 bits per heavy atom. The minimum atomic E-state index is 0.558. The summed E-state index contributed by atoms with van der Waals surface area (Å²) in [6.45, 7) is 2.32. The summed E-state index contributed by atoms with van der Waals surface area (Å²) in [5.41, 5.74) is 1.80. The molecular formula is C16H18BrNO3. The van der Waals surface area contributed by atoms with Gasteiger partial charge in [-0.3, -0.25) is 0 Å². The van der Waals surface area contributed by atoms with Crippen molar-refractivity contribution in [2.75, 3.05) is 13.7 Å². The zero-order chi connectivity index (χ0) is 15.2. The molecule has 2 aromatic rings. The fourth-order valence-electron chi connectivity index (χ4n) is 2.00. The average molecular weight is 352 g/mol. The van der Waals surface area contributed by atoms with Gasteiger partial charge in [0, 0.05) is 17.5 Å². The van der Waals surface area contributed by atoms with Gasteiger partial charge in [0.2, 0.25) is 6.20 Å². The van der Waals surface area contributed by atoms with E-state index in [1.807, 2.05) is 24.3 Å². The van der Waals surface area contributed by atoms with E-state index in [4.69, 9.17) is 9.47 Å². The van der Waals surface area contributed by atoms with Gasteiger partial charge in [0.1, 0.15) is 5.75 Å². The predicted molar refractivity (Wildman–Crippen MR) is 84.6 cm³/mol. The molecule has 0 saturated carbocycles. The number of nitrogens with zero attached hydrogens (tertiary/aromatic N) is 1. The average Bonchev–Trinajstić information content (AvgIpc) is 2.48. The lowest BCUT2D eigenvalue weighted by molar-refractivity contribution is -0.612. The van der Waals surface area contributed by atoms with Crippen molar-refractivity contribution in [3.63, 3.8) is 0 Å². The molecule has 4 nitrogen and oxygen atoms in total. The molecule has 0 aliphatic carbocycles. The maximum atomic E-state index is 11.4. The van der Waals surface area contributed by atoms with Crippen LogP contribution in [0.3, 0.4) is 0 Å². The van der Waals surface area contributed by atoms with Gasteiger partial charge in [-0.25, -0.2) is 0 Å². The van der Waals surface area contributed by atoms with Crippen molar-refractivity contribution in [2.45, 2.75) is 19.8 Å². The number of aryl methyl sites for hydroxylation is 2. The molecule has 112 valence electrons. The van der Waals surface area contributed by atoms with Crippen LogP contribution in [0.2, 0.25) is 0 Å². The third-order valence-electron chi connectivity index (χ3n) is 3.19. The first-order valence-corrected chi connectivity index (χ1v) is 7.54. The van der Waals surface area contributed by atoms with Crippen LogP contribution in [0.25, 0.3) is 0 Å². The van der Waals surface area contributed by atoms with Crippen molar-refractivity contribution in [1.29, 1.82) is 0 Å². The Morgan fingerprint density at radius 1 is 1.24 bits per heavy atom. The molecule has 0 bridgehead atoms. The SMILES string of the molecule is COc1cc(Br)ccc1CCCOc1ccc(C)[n+]([O-])c1. The minimum Gasteiger partial charge on any atom is -0.618 e. The molecule has 21 heavy (non-hydrogen) atoms. The number of pyridine rings is 1. The van der Waals surface area contributed by atoms with Crippen molar-refractivity contribution in [1.82, 2.24) is 0 Å². The van der Waals surface area contributed by atoms with Gasteiger partial charge < -0.3 is 14.7 Å². The number of halogens is 1. The number of hydrogen-bond acceptors (Lipinski definition) is 3. The maximum absolute atomic E-state index is 11.4. The quantitative estimate of drug-likeness (QED) is 0.455. The summed E-state index contributed by atoms with van der Waals surface area (Å²) in [4.78, 5) is 0. The Balaban J connectivity index is 1.86. The van der Waals surface area contributed by atoms with E-state index in [0.29, 0.717) is 18.1 Å². The van der Waals surface area contributed by atoms with Gasteiger partial charge in [0.15, 0.2) is 11.4 Å². The van der Waals surface area contributed by atoms with Crippen LogP contribution in [0, 0.1) is 12.1 Å². The van der Waals surface area contributed by atoms with Crippen molar-refractivity contribution in [3.05, 3.63) is 57.5 Å². The van der Waals surface area contributed by atoms with Crippen LogP contribution in [-0.2, 0) is 6.42 Å². The molecule has 0 unspecified atom stereocenters. The summed E-state index contributed by atoms with van der Waals surface area (Å²) in [7, 11) is 1.67. The van der Waals surface area contributed by atoms with E-state index in [0.717, 1.165) is 33.4 Å². The monoisotopic (exact) mass is 351 g/mol. The summed E-state index contributed by atoms with van der Waals surface area (Å²) in [6.07, 6.45) is 3.17. The van der Waals surface area contributed by atoms with E-state index >= 15 is 0 Å². The highest BCUT2D eigenvalue weighted by Gasteiger charge is 2.05. The van der Waals surface area contributed by atoms with Crippen molar-refractivity contribution in [3.8, 4) is 11.5 Å². The Labute approximate surface area is 133 Å². The molecule has 1 aromatic heterocycles. The molecule has 0 spiro atoms. The fourth-order valence-corrected chi connectivity index (χ4v) is 2.34. The van der Waals surface area contributed by atoms with E-state index in [1.165, 1.54) is 6.20 Å². The summed E-state index contributed by atoms with van der Waals surface area (Å²) in [5, 5.41) is 11.4. The van der Waals surface area contributed by atoms with Gasteiger partial charge >= 0.3 is 0 Å². The first-order valence-electron chi connectivity index (χ1n) is 6.75. The molecule has 0 N–H and O–H groups in total. The number of hydrogen-bond donors (Lipinski definition) is 0. The topological polar surface area (TPSA) is 45.4 Å². The van der Waals surface area contributed by atoms with Gasteiger partial charge in [-0.1, -0.05) is 22.0 Å². The minimum absolute atomic E-state index is 0.558. The molecule has 0 amide bonds. The van der Waals surface area contributed by atoms with Gasteiger partial charge in [-0.15, -0.1) is 0 Å². The highest BCUT2D eigenvalue weighted by Crippen LogP contribution is 2.24.